The largest absolute Gasteiger partial charge is 0.497 e. The smallest absolute Gasteiger partial charge is 0.169 e. The summed E-state index contributed by atoms with van der Waals surface area (Å²) >= 11 is 5.42. The molecule has 0 aliphatic carbocycles. The van der Waals surface area contributed by atoms with Crippen LogP contribution in [0.4, 0.5) is 5.69 Å². The van der Waals surface area contributed by atoms with Gasteiger partial charge in [0.25, 0.3) is 0 Å². The van der Waals surface area contributed by atoms with Crippen LogP contribution < -0.4 is 15.0 Å². The van der Waals surface area contributed by atoms with E-state index in [9.17, 15) is 0 Å². The number of ether oxygens (including phenoxy) is 1. The normalized spacial score (nSPS) is 14.8. The molecular formula is C16H23N3OS. The van der Waals surface area contributed by atoms with Crippen LogP contribution in [0, 0.1) is 0 Å². The predicted octanol–water partition coefficient (Wildman–Crippen LogP) is 2.27. The number of benzene rings is 1. The molecule has 0 bridgehead atoms. The Morgan fingerprint density at radius 1 is 1.24 bits per heavy atom. The topological polar surface area (TPSA) is 27.7 Å². The average Bonchev–Trinajstić information content (AvgIpc) is 2.53. The van der Waals surface area contributed by atoms with Crippen molar-refractivity contribution in [3.05, 3.63) is 36.4 Å². The quantitative estimate of drug-likeness (QED) is 0.680. The van der Waals surface area contributed by atoms with Crippen molar-refractivity contribution in [2.24, 2.45) is 0 Å². The Balaban J connectivity index is 1.84. The van der Waals surface area contributed by atoms with E-state index in [4.69, 9.17) is 17.0 Å². The number of nitrogens with zero attached hydrogens (tertiary/aromatic N) is 2. The first-order chi connectivity index (χ1) is 10.1. The lowest BCUT2D eigenvalue weighted by Gasteiger charge is -2.37. The molecule has 1 aromatic carbocycles. The summed E-state index contributed by atoms with van der Waals surface area (Å²) in [6.07, 6.45) is 0. The molecular weight excluding hydrogens is 282 g/mol. The summed E-state index contributed by atoms with van der Waals surface area (Å²) in [5.74, 6) is 0.891. The lowest BCUT2D eigenvalue weighted by atomic mass is 10.2. The summed E-state index contributed by atoms with van der Waals surface area (Å²) in [7, 11) is 1.69. The fraction of sp³-hybridized carbons (Fsp3) is 0.438. The predicted molar refractivity (Wildman–Crippen MR) is 92.2 cm³/mol. The molecule has 1 heterocycles. The number of thiocarbonyl (C=S) groups is 1. The Labute approximate surface area is 132 Å². The van der Waals surface area contributed by atoms with Crippen molar-refractivity contribution in [2.45, 2.75) is 6.92 Å². The van der Waals surface area contributed by atoms with E-state index in [2.05, 4.69) is 33.8 Å². The van der Waals surface area contributed by atoms with E-state index in [-0.39, 0.29) is 0 Å². The number of methoxy groups -OCH3 is 1. The van der Waals surface area contributed by atoms with Gasteiger partial charge in [0.2, 0.25) is 0 Å². The van der Waals surface area contributed by atoms with Crippen LogP contribution in [0.3, 0.4) is 0 Å². The van der Waals surface area contributed by atoms with Gasteiger partial charge in [0, 0.05) is 38.4 Å². The minimum Gasteiger partial charge on any atom is -0.497 e. The van der Waals surface area contributed by atoms with Gasteiger partial charge in [0.15, 0.2) is 5.11 Å². The summed E-state index contributed by atoms with van der Waals surface area (Å²) in [4.78, 5) is 4.59. The maximum atomic E-state index is 5.42. The van der Waals surface area contributed by atoms with Crippen LogP contribution in [0.2, 0.25) is 0 Å². The summed E-state index contributed by atoms with van der Waals surface area (Å²) < 4.78 is 5.19. The van der Waals surface area contributed by atoms with E-state index >= 15 is 0 Å². The highest BCUT2D eigenvalue weighted by Gasteiger charge is 2.18. The molecule has 114 valence electrons. The zero-order chi connectivity index (χ0) is 15.2. The monoisotopic (exact) mass is 305 g/mol. The molecule has 0 saturated carbocycles. The molecule has 0 radical (unpaired) electrons. The highest BCUT2D eigenvalue weighted by Crippen LogP contribution is 2.20. The zero-order valence-electron chi connectivity index (χ0n) is 12.8. The molecule has 21 heavy (non-hydrogen) atoms. The van der Waals surface area contributed by atoms with E-state index in [1.807, 2.05) is 19.1 Å². The van der Waals surface area contributed by atoms with Crippen molar-refractivity contribution in [2.75, 3.05) is 44.7 Å². The molecule has 0 amide bonds. The van der Waals surface area contributed by atoms with Gasteiger partial charge in [-0.1, -0.05) is 12.2 Å². The molecule has 0 aromatic heterocycles. The Morgan fingerprint density at radius 2 is 1.86 bits per heavy atom. The van der Waals surface area contributed by atoms with Gasteiger partial charge in [-0.05, 0) is 43.4 Å². The van der Waals surface area contributed by atoms with Gasteiger partial charge in [-0.15, -0.1) is 0 Å². The summed E-state index contributed by atoms with van der Waals surface area (Å²) in [6.45, 7) is 10.4. The van der Waals surface area contributed by atoms with Crippen LogP contribution >= 0.6 is 12.2 Å². The van der Waals surface area contributed by atoms with Crippen molar-refractivity contribution >= 4 is 23.0 Å². The molecule has 1 fully saturated rings. The van der Waals surface area contributed by atoms with Crippen molar-refractivity contribution in [3.8, 4) is 5.75 Å². The van der Waals surface area contributed by atoms with E-state index < -0.39 is 0 Å². The fourth-order valence-electron chi connectivity index (χ4n) is 2.30. The van der Waals surface area contributed by atoms with Gasteiger partial charge in [-0.3, -0.25) is 0 Å². The maximum Gasteiger partial charge on any atom is 0.169 e. The van der Waals surface area contributed by atoms with Crippen LogP contribution in [0.25, 0.3) is 0 Å². The van der Waals surface area contributed by atoms with E-state index in [0.29, 0.717) is 0 Å². The minimum atomic E-state index is 0.748. The third-order valence-electron chi connectivity index (χ3n) is 3.55. The molecule has 1 aromatic rings. The number of nitrogens with one attached hydrogen (secondary N) is 1. The SMILES string of the molecule is C=C(C)CNC(=S)N1CCN(c2ccc(OC)cc2)CC1. The number of anilines is 1. The zero-order valence-corrected chi connectivity index (χ0v) is 13.6. The molecule has 1 aliphatic heterocycles. The van der Waals surface area contributed by atoms with Crippen molar-refractivity contribution in [1.82, 2.24) is 10.2 Å². The standard InChI is InChI=1S/C16H23N3OS/c1-13(2)12-17-16(21)19-10-8-18(9-11-19)14-4-6-15(20-3)7-5-14/h4-7H,1,8-12H2,2-3H3,(H,17,21). The highest BCUT2D eigenvalue weighted by molar-refractivity contribution is 7.80. The maximum absolute atomic E-state index is 5.42. The van der Waals surface area contributed by atoms with Gasteiger partial charge in [-0.25, -0.2) is 0 Å². The molecule has 4 nitrogen and oxygen atoms in total. The van der Waals surface area contributed by atoms with E-state index in [1.54, 1.807) is 7.11 Å². The summed E-state index contributed by atoms with van der Waals surface area (Å²) in [5.41, 5.74) is 2.32. The van der Waals surface area contributed by atoms with Crippen LogP contribution in [0.15, 0.2) is 36.4 Å². The Morgan fingerprint density at radius 3 is 2.38 bits per heavy atom. The second kappa shape index (κ2) is 7.31. The fourth-order valence-corrected chi connectivity index (χ4v) is 2.55. The van der Waals surface area contributed by atoms with Crippen molar-refractivity contribution in [3.63, 3.8) is 0 Å². The highest BCUT2D eigenvalue weighted by atomic mass is 32.1. The molecule has 0 unspecified atom stereocenters. The van der Waals surface area contributed by atoms with Gasteiger partial charge >= 0.3 is 0 Å². The van der Waals surface area contributed by atoms with Gasteiger partial charge in [0.05, 0.1) is 7.11 Å². The first-order valence-electron chi connectivity index (χ1n) is 7.16. The van der Waals surface area contributed by atoms with Crippen LogP contribution in [0.1, 0.15) is 6.92 Å². The summed E-state index contributed by atoms with van der Waals surface area (Å²) in [5, 5.41) is 4.07. The van der Waals surface area contributed by atoms with Crippen LogP contribution in [0.5, 0.6) is 5.75 Å². The van der Waals surface area contributed by atoms with Gasteiger partial charge in [-0.2, -0.15) is 0 Å². The average molecular weight is 305 g/mol. The van der Waals surface area contributed by atoms with Crippen molar-refractivity contribution in [1.29, 1.82) is 0 Å². The number of hydrogen-bond donors (Lipinski definition) is 1. The lowest BCUT2D eigenvalue weighted by molar-refractivity contribution is 0.381. The lowest BCUT2D eigenvalue weighted by Crippen LogP contribution is -2.51. The number of piperazine rings is 1. The second-order valence-corrected chi connectivity index (χ2v) is 5.67. The second-order valence-electron chi connectivity index (χ2n) is 5.29. The summed E-state index contributed by atoms with van der Waals surface area (Å²) in [6, 6.07) is 8.21. The van der Waals surface area contributed by atoms with E-state index in [1.165, 1.54) is 5.69 Å². The number of hydrogen-bond acceptors (Lipinski definition) is 3. The Bertz CT molecular complexity index is 493. The molecule has 0 spiro atoms. The molecule has 2 rings (SSSR count). The first-order valence-corrected chi connectivity index (χ1v) is 7.57. The molecule has 0 atom stereocenters. The molecule has 5 heteroatoms. The third kappa shape index (κ3) is 4.36. The molecule has 1 aliphatic rings. The number of rotatable bonds is 4. The van der Waals surface area contributed by atoms with Crippen molar-refractivity contribution < 1.29 is 4.74 Å². The molecule has 1 saturated heterocycles. The van der Waals surface area contributed by atoms with Gasteiger partial charge < -0.3 is 19.9 Å². The van der Waals surface area contributed by atoms with Crippen LogP contribution in [-0.4, -0.2) is 49.8 Å². The minimum absolute atomic E-state index is 0.748. The first kappa shape index (κ1) is 15.6. The Hall–Kier alpha value is -1.75. The van der Waals surface area contributed by atoms with Crippen LogP contribution in [-0.2, 0) is 0 Å². The Kier molecular flexibility index (Phi) is 5.44. The third-order valence-corrected chi connectivity index (χ3v) is 3.95. The van der Waals surface area contributed by atoms with Gasteiger partial charge in [0.1, 0.15) is 5.75 Å². The van der Waals surface area contributed by atoms with E-state index in [0.717, 1.165) is 49.2 Å². The molecule has 1 N–H and O–H groups in total.